The lowest BCUT2D eigenvalue weighted by Gasteiger charge is -2.37. The Balaban J connectivity index is 1.67. The molecule has 1 fully saturated rings. The van der Waals surface area contributed by atoms with Gasteiger partial charge in [0, 0.05) is 19.0 Å². The van der Waals surface area contributed by atoms with E-state index in [9.17, 15) is 4.79 Å². The third kappa shape index (κ3) is 7.11. The van der Waals surface area contributed by atoms with Crippen molar-refractivity contribution in [3.8, 4) is 12.3 Å². The molecule has 1 aromatic carbocycles. The third-order valence-corrected chi connectivity index (χ3v) is 8.54. The molecule has 1 aliphatic rings. The Labute approximate surface area is 248 Å². The predicted octanol–water partition coefficient (Wildman–Crippen LogP) is 4.68. The molecule has 0 spiro atoms. The zero-order valence-corrected chi connectivity index (χ0v) is 25.0. The second-order valence-electron chi connectivity index (χ2n) is 10.0. The molecule has 0 bridgehead atoms. The number of terminal acetylenes is 1. The van der Waals surface area contributed by atoms with Crippen LogP contribution in [0.4, 0.5) is 5.82 Å². The van der Waals surface area contributed by atoms with Gasteiger partial charge in [0.1, 0.15) is 31.7 Å². The first-order valence-electron chi connectivity index (χ1n) is 14.3. The highest BCUT2D eigenvalue weighted by atomic mass is 31.2. The number of imidazole rings is 1. The van der Waals surface area contributed by atoms with Crippen molar-refractivity contribution in [2.45, 2.75) is 71.2 Å². The summed E-state index contributed by atoms with van der Waals surface area (Å²) in [6.45, 7) is 15.6. The van der Waals surface area contributed by atoms with Gasteiger partial charge in [-0.3, -0.25) is 9.36 Å². The van der Waals surface area contributed by atoms with E-state index in [1.807, 2.05) is 33.8 Å². The molecular weight excluding hydrogens is 557 g/mol. The Bertz CT molecular complexity index is 1440. The van der Waals surface area contributed by atoms with Crippen molar-refractivity contribution in [3.05, 3.63) is 60.0 Å². The predicted molar refractivity (Wildman–Crippen MR) is 159 cm³/mol. The Morgan fingerprint density at radius 2 is 2.02 bits per heavy atom. The molecule has 3 aromatic rings. The number of amides is 1. The average Bonchev–Trinajstić information content (AvgIpc) is 3.57. The van der Waals surface area contributed by atoms with E-state index in [4.69, 9.17) is 32.9 Å². The van der Waals surface area contributed by atoms with Crippen LogP contribution in [0.2, 0.25) is 0 Å². The molecule has 13 heteroatoms. The largest absolute Gasteiger partial charge is 0.358 e. The van der Waals surface area contributed by atoms with Gasteiger partial charge in [-0.1, -0.05) is 24.1 Å². The second-order valence-corrected chi connectivity index (χ2v) is 11.4. The van der Waals surface area contributed by atoms with Gasteiger partial charge < -0.3 is 28.7 Å². The molecule has 1 amide bonds. The van der Waals surface area contributed by atoms with Gasteiger partial charge in [-0.15, -0.1) is 6.42 Å². The van der Waals surface area contributed by atoms with Crippen molar-refractivity contribution in [2.75, 3.05) is 25.1 Å². The first-order valence-corrected chi connectivity index (χ1v) is 14.7. The van der Waals surface area contributed by atoms with E-state index in [1.54, 1.807) is 28.8 Å². The maximum Gasteiger partial charge on any atom is 0.259 e. The third-order valence-electron chi connectivity index (χ3n) is 6.41. The molecule has 12 nitrogen and oxygen atoms in total. The summed E-state index contributed by atoms with van der Waals surface area (Å²) in [4.78, 5) is 29.4. The van der Waals surface area contributed by atoms with E-state index >= 15 is 0 Å². The fraction of sp³-hybridized carbons (Fsp3) is 0.483. The molecule has 2 aromatic heterocycles. The van der Waals surface area contributed by atoms with Crippen molar-refractivity contribution in [1.82, 2.24) is 24.2 Å². The van der Waals surface area contributed by atoms with Crippen molar-refractivity contribution in [2.24, 2.45) is 0 Å². The molecule has 4 rings (SSSR count). The normalized spacial score (nSPS) is 21.4. The molecule has 3 unspecified atom stereocenters. The van der Waals surface area contributed by atoms with Gasteiger partial charge in [0.15, 0.2) is 23.2 Å². The molecule has 222 valence electrons. The van der Waals surface area contributed by atoms with Gasteiger partial charge in [0.05, 0.1) is 12.4 Å². The summed E-state index contributed by atoms with van der Waals surface area (Å²) < 4.78 is 37.3. The van der Waals surface area contributed by atoms with Crippen LogP contribution in [0.25, 0.3) is 16.0 Å². The van der Waals surface area contributed by atoms with Crippen molar-refractivity contribution in [3.63, 3.8) is 0 Å². The van der Waals surface area contributed by atoms with E-state index in [1.165, 1.54) is 12.7 Å². The van der Waals surface area contributed by atoms with Crippen molar-refractivity contribution < 1.29 is 24.7 Å². The standard InChI is InChI=1S/C29H36N7O5P/c1-8-15-38-25-24(41-42(39-16-14-30-7)36(19(2)3)20(4)5)21(6)40-29(25)35-18-33-23-26(31-17-32-27(23)35)34-28(37)22-12-10-9-11-13-22/h1,9-13,17-21,24-25,29H,14-16H2,2-6H3,(H,31,32,34,37)/t21-,24?,25?,29-,42?/m1/s1/i6D. The number of nitrogens with one attached hydrogen (secondary N) is 1. The van der Waals surface area contributed by atoms with Crippen LogP contribution in [0.1, 0.15) is 52.6 Å². The van der Waals surface area contributed by atoms with Crippen LogP contribution in [0.3, 0.4) is 0 Å². The zero-order valence-electron chi connectivity index (χ0n) is 25.1. The molecule has 1 N–H and O–H groups in total. The highest BCUT2D eigenvalue weighted by molar-refractivity contribution is 7.44. The molecule has 0 radical (unpaired) electrons. The van der Waals surface area contributed by atoms with Crippen LogP contribution < -0.4 is 5.32 Å². The maximum absolute atomic E-state index is 12.8. The smallest absolute Gasteiger partial charge is 0.259 e. The van der Waals surface area contributed by atoms with Crippen molar-refractivity contribution in [1.29, 1.82) is 0 Å². The number of hydrogen-bond acceptors (Lipinski definition) is 9. The fourth-order valence-corrected chi connectivity index (χ4v) is 6.43. The number of rotatable bonds is 13. The summed E-state index contributed by atoms with van der Waals surface area (Å²) in [5, 5.41) is 2.80. The maximum atomic E-state index is 12.8. The van der Waals surface area contributed by atoms with Crippen LogP contribution in [-0.4, -0.2) is 80.3 Å². The molecule has 1 saturated heterocycles. The number of anilines is 1. The summed E-state index contributed by atoms with van der Waals surface area (Å²) in [7, 11) is -1.65. The number of carbonyl (C=O) groups is 1. The van der Waals surface area contributed by atoms with Gasteiger partial charge in [-0.05, 0) is 46.7 Å². The quantitative estimate of drug-likeness (QED) is 0.130. The molecule has 0 aliphatic carbocycles. The number of aromatic nitrogens is 4. The summed E-state index contributed by atoms with van der Waals surface area (Å²) in [6.07, 6.45) is 5.44. The Hall–Kier alpha value is -3.48. The number of hydrogen-bond donors (Lipinski definition) is 1. The topological polar surface area (TPSA) is 117 Å². The molecule has 5 atom stereocenters. The highest BCUT2D eigenvalue weighted by Crippen LogP contribution is 2.50. The molecule has 3 heterocycles. The zero-order chi connectivity index (χ0) is 30.9. The number of ether oxygens (including phenoxy) is 2. The van der Waals surface area contributed by atoms with Crippen LogP contribution in [0.15, 0.2) is 43.0 Å². The fourth-order valence-electron chi connectivity index (χ4n) is 4.67. The van der Waals surface area contributed by atoms with Gasteiger partial charge in [-0.25, -0.2) is 26.2 Å². The molecule has 42 heavy (non-hydrogen) atoms. The summed E-state index contributed by atoms with van der Waals surface area (Å²) in [5.74, 6) is 2.41. The van der Waals surface area contributed by atoms with Crippen molar-refractivity contribution >= 4 is 31.4 Å². The lowest BCUT2D eigenvalue weighted by molar-refractivity contribution is -0.0553. The first kappa shape index (κ1) is 30.0. The number of fused-ring (bicyclic) bond motifs is 1. The highest BCUT2D eigenvalue weighted by Gasteiger charge is 2.48. The van der Waals surface area contributed by atoms with Crippen LogP contribution in [-0.2, 0) is 18.5 Å². The lowest BCUT2D eigenvalue weighted by atomic mass is 10.1. The monoisotopic (exact) mass is 594 g/mol. The summed E-state index contributed by atoms with van der Waals surface area (Å²) in [6, 6.07) is 8.94. The number of nitrogens with zero attached hydrogens (tertiary/aromatic N) is 6. The number of benzene rings is 1. The van der Waals surface area contributed by atoms with Crippen LogP contribution in [0.5, 0.6) is 0 Å². The van der Waals surface area contributed by atoms with E-state index in [2.05, 4.69) is 35.7 Å². The van der Waals surface area contributed by atoms with Crippen LogP contribution in [0, 0.1) is 18.9 Å². The van der Waals surface area contributed by atoms with E-state index in [-0.39, 0.29) is 50.5 Å². The number of carbonyl (C=O) groups excluding carboxylic acids is 1. The molecule has 1 aliphatic heterocycles. The lowest BCUT2D eigenvalue weighted by Crippen LogP contribution is -2.39. The first-order chi connectivity index (χ1) is 20.8. The van der Waals surface area contributed by atoms with Gasteiger partial charge >= 0.3 is 0 Å². The summed E-state index contributed by atoms with van der Waals surface area (Å²) >= 11 is 0. The molecule has 0 saturated carbocycles. The van der Waals surface area contributed by atoms with Gasteiger partial charge in [-0.2, -0.15) is 0 Å². The minimum Gasteiger partial charge on any atom is -0.358 e. The molecular formula is C29H36N7O5P. The SMILES string of the molecule is [2H]C[C@H]1O[C@@H](n2cnc3c(NC(=O)c4ccccc4)ncnc32)C(OCC#C)C1OP(OCC[N+]#[C-])N(C(C)C)C(C)C. The van der Waals surface area contributed by atoms with E-state index < -0.39 is 33.1 Å². The second kappa shape index (κ2) is 14.6. The van der Waals surface area contributed by atoms with Gasteiger partial charge in [0.2, 0.25) is 6.54 Å². The van der Waals surface area contributed by atoms with E-state index in [0.29, 0.717) is 16.7 Å². The average molecular weight is 595 g/mol. The Kier molecular flexibility index (Phi) is 10.4. The summed E-state index contributed by atoms with van der Waals surface area (Å²) in [5.41, 5.74) is 1.22. The minimum atomic E-state index is -1.65. The van der Waals surface area contributed by atoms with E-state index in [0.717, 1.165) is 0 Å². The van der Waals surface area contributed by atoms with Gasteiger partial charge in [0.25, 0.3) is 14.4 Å². The Morgan fingerprint density at radius 3 is 2.69 bits per heavy atom. The minimum absolute atomic E-state index is 0.0241. The van der Waals surface area contributed by atoms with Crippen LogP contribution >= 0.6 is 8.53 Å². The Morgan fingerprint density at radius 1 is 1.26 bits per heavy atom.